The maximum Gasteiger partial charge on any atom is 0.328 e. The SMILES string of the molecule is CC1c2ccccc2Sc2ccccc2C1N1CCN(C)CC1.O=C(O)/C=C\C(=O)O. The second kappa shape index (κ2) is 10.6. The van der Waals surface area contributed by atoms with Gasteiger partial charge in [-0.3, -0.25) is 4.90 Å². The highest BCUT2D eigenvalue weighted by Crippen LogP contribution is 2.48. The first kappa shape index (κ1) is 23.1. The van der Waals surface area contributed by atoms with Crippen molar-refractivity contribution in [1.82, 2.24) is 9.80 Å². The molecule has 2 heterocycles. The molecule has 7 heteroatoms. The molecule has 31 heavy (non-hydrogen) atoms. The Kier molecular flexibility index (Phi) is 7.90. The zero-order valence-electron chi connectivity index (χ0n) is 17.8. The Balaban J connectivity index is 0.000000293. The van der Waals surface area contributed by atoms with E-state index in [1.54, 1.807) is 0 Å². The molecule has 2 unspecified atom stereocenters. The van der Waals surface area contributed by atoms with Gasteiger partial charge in [-0.2, -0.15) is 0 Å². The lowest BCUT2D eigenvalue weighted by atomic mass is 9.87. The van der Waals surface area contributed by atoms with Crippen molar-refractivity contribution in [2.45, 2.75) is 28.7 Å². The second-order valence-corrected chi connectivity index (χ2v) is 8.84. The van der Waals surface area contributed by atoms with E-state index in [0.29, 0.717) is 24.1 Å². The first-order valence-electron chi connectivity index (χ1n) is 10.3. The van der Waals surface area contributed by atoms with Crippen LogP contribution in [0.4, 0.5) is 0 Å². The number of aliphatic carboxylic acids is 2. The van der Waals surface area contributed by atoms with Crippen LogP contribution < -0.4 is 0 Å². The molecule has 6 nitrogen and oxygen atoms in total. The predicted octanol–water partition coefficient (Wildman–Crippen LogP) is 3.96. The minimum atomic E-state index is -1.26. The molecular formula is C24H28N2O4S. The minimum absolute atomic E-state index is 0.482. The van der Waals surface area contributed by atoms with E-state index in [1.165, 1.54) is 34.0 Å². The molecule has 2 atom stereocenters. The summed E-state index contributed by atoms with van der Waals surface area (Å²) in [4.78, 5) is 27.1. The molecule has 1 fully saturated rings. The number of carbonyl (C=O) groups is 2. The van der Waals surface area contributed by atoms with Crippen molar-refractivity contribution in [3.63, 3.8) is 0 Å². The normalized spacial score (nSPS) is 21.4. The van der Waals surface area contributed by atoms with Gasteiger partial charge in [0.1, 0.15) is 0 Å². The number of hydrogen-bond donors (Lipinski definition) is 2. The van der Waals surface area contributed by atoms with Crippen molar-refractivity contribution >= 4 is 23.7 Å². The van der Waals surface area contributed by atoms with Gasteiger partial charge in [-0.15, -0.1) is 0 Å². The van der Waals surface area contributed by atoms with Crippen LogP contribution in [0.1, 0.15) is 30.0 Å². The number of fused-ring (bicyclic) bond motifs is 2. The number of hydrogen-bond acceptors (Lipinski definition) is 5. The van der Waals surface area contributed by atoms with Crippen LogP contribution in [0.3, 0.4) is 0 Å². The molecule has 2 aromatic rings. The highest BCUT2D eigenvalue weighted by atomic mass is 32.2. The van der Waals surface area contributed by atoms with Crippen LogP contribution in [-0.4, -0.2) is 65.2 Å². The molecular weight excluding hydrogens is 412 g/mol. The van der Waals surface area contributed by atoms with Gasteiger partial charge in [-0.1, -0.05) is 55.1 Å². The number of carboxylic acid groups (broad SMARTS) is 2. The molecule has 2 N–H and O–H groups in total. The maximum absolute atomic E-state index is 9.55. The molecule has 0 amide bonds. The minimum Gasteiger partial charge on any atom is -0.478 e. The Morgan fingerprint density at radius 3 is 1.90 bits per heavy atom. The van der Waals surface area contributed by atoms with Crippen LogP contribution >= 0.6 is 11.8 Å². The Morgan fingerprint density at radius 2 is 1.35 bits per heavy atom. The summed E-state index contributed by atoms with van der Waals surface area (Å²) in [5.41, 5.74) is 3.00. The molecule has 4 rings (SSSR count). The van der Waals surface area contributed by atoms with Crippen LogP contribution in [0, 0.1) is 0 Å². The van der Waals surface area contributed by atoms with Gasteiger partial charge >= 0.3 is 11.9 Å². The van der Waals surface area contributed by atoms with Crippen molar-refractivity contribution in [1.29, 1.82) is 0 Å². The summed E-state index contributed by atoms with van der Waals surface area (Å²) in [7, 11) is 2.23. The van der Waals surface area contributed by atoms with Crippen LogP contribution in [0.2, 0.25) is 0 Å². The first-order valence-corrected chi connectivity index (χ1v) is 11.1. The monoisotopic (exact) mass is 440 g/mol. The van der Waals surface area contributed by atoms with Gasteiger partial charge in [0, 0.05) is 60.1 Å². The van der Waals surface area contributed by atoms with Crippen LogP contribution in [0.5, 0.6) is 0 Å². The number of carboxylic acids is 2. The summed E-state index contributed by atoms with van der Waals surface area (Å²) in [6.07, 6.45) is 1.12. The maximum atomic E-state index is 9.55. The van der Waals surface area contributed by atoms with E-state index < -0.39 is 11.9 Å². The van der Waals surface area contributed by atoms with Crippen LogP contribution in [0.15, 0.2) is 70.5 Å². The van der Waals surface area contributed by atoms with Gasteiger partial charge in [0.05, 0.1) is 0 Å². The predicted molar refractivity (Wildman–Crippen MR) is 122 cm³/mol. The smallest absolute Gasteiger partial charge is 0.328 e. The molecule has 2 aliphatic rings. The molecule has 0 saturated carbocycles. The van der Waals surface area contributed by atoms with Crippen molar-refractivity contribution in [3.05, 3.63) is 71.8 Å². The third kappa shape index (κ3) is 5.97. The van der Waals surface area contributed by atoms with E-state index in [1.807, 2.05) is 11.8 Å². The van der Waals surface area contributed by atoms with Crippen molar-refractivity contribution in [3.8, 4) is 0 Å². The molecule has 0 spiro atoms. The number of likely N-dealkylation sites (N-methyl/N-ethyl adjacent to an activating group) is 1. The summed E-state index contributed by atoms with van der Waals surface area (Å²) >= 11 is 1.94. The summed E-state index contributed by atoms with van der Waals surface area (Å²) in [5, 5.41) is 15.6. The number of nitrogens with zero attached hydrogens (tertiary/aromatic N) is 2. The molecule has 2 aliphatic heterocycles. The topological polar surface area (TPSA) is 81.1 Å². The fourth-order valence-electron chi connectivity index (χ4n) is 4.08. The number of piperazine rings is 1. The third-order valence-corrected chi connectivity index (χ3v) is 6.82. The van der Waals surface area contributed by atoms with Gasteiger partial charge < -0.3 is 15.1 Å². The van der Waals surface area contributed by atoms with Gasteiger partial charge in [-0.05, 0) is 30.3 Å². The molecule has 0 bridgehead atoms. The number of benzene rings is 2. The summed E-state index contributed by atoms with van der Waals surface area (Å²) < 4.78 is 0. The van der Waals surface area contributed by atoms with Crippen molar-refractivity contribution < 1.29 is 19.8 Å². The standard InChI is InChI=1S/C20H24N2S.C4H4O4/c1-15-16-7-3-5-9-18(16)23-19-10-6-4-8-17(19)20(15)22-13-11-21(2)12-14-22;5-3(6)1-2-4(7)8/h3-10,15,20H,11-14H2,1-2H3;1-2H,(H,5,6)(H,7,8)/b;2-1-. The van der Waals surface area contributed by atoms with E-state index >= 15 is 0 Å². The highest BCUT2D eigenvalue weighted by molar-refractivity contribution is 7.99. The molecule has 2 aromatic carbocycles. The second-order valence-electron chi connectivity index (χ2n) is 7.76. The molecule has 0 radical (unpaired) electrons. The Labute approximate surface area is 187 Å². The fourth-order valence-corrected chi connectivity index (χ4v) is 5.29. The molecule has 0 aromatic heterocycles. The Hall–Kier alpha value is -2.61. The lowest BCUT2D eigenvalue weighted by Crippen LogP contribution is -2.47. The van der Waals surface area contributed by atoms with E-state index in [4.69, 9.17) is 10.2 Å². The molecule has 1 saturated heterocycles. The first-order chi connectivity index (χ1) is 14.9. The Morgan fingerprint density at radius 1 is 0.871 bits per heavy atom. The highest BCUT2D eigenvalue weighted by Gasteiger charge is 2.34. The zero-order chi connectivity index (χ0) is 22.4. The lowest BCUT2D eigenvalue weighted by molar-refractivity contribution is -0.134. The quantitative estimate of drug-likeness (QED) is 0.700. The van der Waals surface area contributed by atoms with Crippen LogP contribution in [0.25, 0.3) is 0 Å². The van der Waals surface area contributed by atoms with Gasteiger partial charge in [0.15, 0.2) is 0 Å². The van der Waals surface area contributed by atoms with Crippen molar-refractivity contribution in [2.24, 2.45) is 0 Å². The Bertz CT molecular complexity index is 938. The average molecular weight is 441 g/mol. The summed E-state index contributed by atoms with van der Waals surface area (Å²) in [6, 6.07) is 18.4. The fraction of sp³-hybridized carbons (Fsp3) is 0.333. The summed E-state index contributed by atoms with van der Waals surface area (Å²) in [6.45, 7) is 7.06. The van der Waals surface area contributed by atoms with E-state index in [9.17, 15) is 9.59 Å². The van der Waals surface area contributed by atoms with Gasteiger partial charge in [0.2, 0.25) is 0 Å². The zero-order valence-corrected chi connectivity index (χ0v) is 18.6. The van der Waals surface area contributed by atoms with Crippen molar-refractivity contribution in [2.75, 3.05) is 33.2 Å². The molecule has 0 aliphatic carbocycles. The average Bonchev–Trinajstić information content (AvgIpc) is 2.87. The van der Waals surface area contributed by atoms with Gasteiger partial charge in [0.25, 0.3) is 0 Å². The largest absolute Gasteiger partial charge is 0.478 e. The van der Waals surface area contributed by atoms with E-state index in [2.05, 4.69) is 72.3 Å². The lowest BCUT2D eigenvalue weighted by Gasteiger charge is -2.41. The molecule has 164 valence electrons. The third-order valence-electron chi connectivity index (χ3n) is 5.64. The number of rotatable bonds is 3. The van der Waals surface area contributed by atoms with Crippen LogP contribution in [-0.2, 0) is 9.59 Å². The summed E-state index contributed by atoms with van der Waals surface area (Å²) in [5.74, 6) is -1.99. The van der Waals surface area contributed by atoms with E-state index in [-0.39, 0.29) is 0 Å². The van der Waals surface area contributed by atoms with E-state index in [0.717, 1.165) is 13.1 Å². The van der Waals surface area contributed by atoms with Gasteiger partial charge in [-0.25, -0.2) is 9.59 Å².